The molecule has 1 amide bonds. The van der Waals surface area contributed by atoms with Crippen LogP contribution in [0.3, 0.4) is 0 Å². The number of nitrogens with one attached hydrogen (secondary N) is 1. The van der Waals surface area contributed by atoms with E-state index in [0.29, 0.717) is 21.8 Å². The maximum atomic E-state index is 13.8. The average Bonchev–Trinajstić information content (AvgIpc) is 2.88. The van der Waals surface area contributed by atoms with Gasteiger partial charge in [-0.15, -0.1) is 0 Å². The normalized spacial score (nSPS) is 22.0. The van der Waals surface area contributed by atoms with Gasteiger partial charge in [-0.1, -0.05) is 12.1 Å². The highest BCUT2D eigenvalue weighted by molar-refractivity contribution is 9.10. The van der Waals surface area contributed by atoms with Gasteiger partial charge in [-0.3, -0.25) is 9.69 Å². The molecule has 134 valence electrons. The molecule has 2 aliphatic rings. The second-order valence-electron chi connectivity index (χ2n) is 6.45. The van der Waals surface area contributed by atoms with Crippen molar-refractivity contribution in [3.05, 3.63) is 63.4 Å². The lowest BCUT2D eigenvalue weighted by molar-refractivity contribution is -0.129. The van der Waals surface area contributed by atoms with Gasteiger partial charge in [0, 0.05) is 7.05 Å². The van der Waals surface area contributed by atoms with Crippen molar-refractivity contribution in [2.75, 3.05) is 13.7 Å². The zero-order chi connectivity index (χ0) is 18.5. The van der Waals surface area contributed by atoms with Gasteiger partial charge < -0.3 is 10.1 Å². The van der Waals surface area contributed by atoms with Crippen LogP contribution in [0.5, 0.6) is 5.75 Å². The van der Waals surface area contributed by atoms with E-state index in [1.807, 2.05) is 18.2 Å². The maximum Gasteiger partial charge on any atom is 0.263 e. The number of carbonyl (C=O) groups is 1. The van der Waals surface area contributed by atoms with Gasteiger partial charge in [0.15, 0.2) is 10.7 Å². The van der Waals surface area contributed by atoms with Crippen molar-refractivity contribution in [1.82, 2.24) is 10.2 Å². The van der Waals surface area contributed by atoms with Crippen LogP contribution < -0.4 is 10.1 Å². The largest absolute Gasteiger partial charge is 0.493 e. The Hall–Kier alpha value is -1.99. The Kier molecular flexibility index (Phi) is 4.23. The number of likely N-dealkylation sites (N-methyl/N-ethyl adjacent to an activating group) is 1. The van der Waals surface area contributed by atoms with Crippen LogP contribution >= 0.6 is 28.1 Å². The Morgan fingerprint density at radius 1 is 1.27 bits per heavy atom. The first kappa shape index (κ1) is 17.4. The van der Waals surface area contributed by atoms with Crippen molar-refractivity contribution in [2.45, 2.75) is 18.4 Å². The number of hydrogen-bond donors (Lipinski definition) is 1. The van der Waals surface area contributed by atoms with E-state index in [1.165, 1.54) is 11.0 Å². The van der Waals surface area contributed by atoms with Gasteiger partial charge in [-0.2, -0.15) is 0 Å². The first-order valence-electron chi connectivity index (χ1n) is 8.25. The molecule has 7 heteroatoms. The molecule has 0 aliphatic carbocycles. The predicted octanol–water partition coefficient (Wildman–Crippen LogP) is 3.50. The number of benzene rings is 2. The van der Waals surface area contributed by atoms with Gasteiger partial charge in [0.2, 0.25) is 0 Å². The Balaban J connectivity index is 1.93. The Bertz CT molecular complexity index is 936. The van der Waals surface area contributed by atoms with Gasteiger partial charge in [-0.05, 0) is 81.9 Å². The van der Waals surface area contributed by atoms with Crippen molar-refractivity contribution < 1.29 is 13.9 Å². The van der Waals surface area contributed by atoms with E-state index in [-0.39, 0.29) is 11.7 Å². The molecule has 0 saturated carbocycles. The van der Waals surface area contributed by atoms with Gasteiger partial charge in [-0.25, -0.2) is 4.39 Å². The monoisotopic (exact) mass is 434 g/mol. The molecule has 0 spiro atoms. The molecule has 2 aromatic rings. The highest BCUT2D eigenvalue weighted by atomic mass is 79.9. The number of fused-ring (bicyclic) bond motifs is 1. The molecule has 26 heavy (non-hydrogen) atoms. The zero-order valence-corrected chi connectivity index (χ0v) is 16.4. The zero-order valence-electron chi connectivity index (χ0n) is 14.0. The van der Waals surface area contributed by atoms with Gasteiger partial charge in [0.05, 0.1) is 11.1 Å². The third-order valence-corrected chi connectivity index (χ3v) is 5.90. The van der Waals surface area contributed by atoms with Crippen molar-refractivity contribution in [3.63, 3.8) is 0 Å². The van der Waals surface area contributed by atoms with Crippen molar-refractivity contribution in [2.24, 2.45) is 0 Å². The number of nitrogens with zero attached hydrogens (tertiary/aromatic N) is 1. The summed E-state index contributed by atoms with van der Waals surface area (Å²) in [5.41, 5.74) is 1.26. The molecular formula is C19H16BrFN2O2S. The minimum atomic E-state index is -1.19. The van der Waals surface area contributed by atoms with Crippen LogP contribution in [0.2, 0.25) is 0 Å². The Morgan fingerprint density at radius 2 is 2.00 bits per heavy atom. The number of carbonyl (C=O) groups excluding carboxylic acids is 1. The molecule has 0 bridgehead atoms. The van der Waals surface area contributed by atoms with Crippen LogP contribution in [0.15, 0.2) is 40.9 Å². The summed E-state index contributed by atoms with van der Waals surface area (Å²) >= 11 is 8.55. The molecule has 1 atom stereocenters. The SMILES string of the molecule is CN1C(=O)C(c2ccc(F)c(Br)c2)(c2ccc3c(c2)CCCO3)NC1=S. The highest BCUT2D eigenvalue weighted by Gasteiger charge is 2.51. The smallest absolute Gasteiger partial charge is 0.263 e. The topological polar surface area (TPSA) is 41.6 Å². The minimum absolute atomic E-state index is 0.197. The number of amides is 1. The van der Waals surface area contributed by atoms with E-state index < -0.39 is 5.54 Å². The van der Waals surface area contributed by atoms with E-state index >= 15 is 0 Å². The summed E-state index contributed by atoms with van der Waals surface area (Å²) in [6.07, 6.45) is 1.83. The molecule has 1 fully saturated rings. The van der Waals surface area contributed by atoms with Crippen LogP contribution in [0.25, 0.3) is 0 Å². The average molecular weight is 435 g/mol. The lowest BCUT2D eigenvalue weighted by Gasteiger charge is -2.30. The molecule has 0 aromatic heterocycles. The second-order valence-corrected chi connectivity index (χ2v) is 7.69. The van der Waals surface area contributed by atoms with Gasteiger partial charge >= 0.3 is 0 Å². The molecule has 0 radical (unpaired) electrons. The van der Waals surface area contributed by atoms with Gasteiger partial charge in [0.25, 0.3) is 5.91 Å². The number of ether oxygens (including phenoxy) is 1. The molecule has 4 rings (SSSR count). The van der Waals surface area contributed by atoms with Crippen LogP contribution in [0, 0.1) is 5.82 Å². The minimum Gasteiger partial charge on any atom is -0.493 e. The fraction of sp³-hybridized carbons (Fsp3) is 0.263. The maximum absolute atomic E-state index is 13.8. The lowest BCUT2D eigenvalue weighted by Crippen LogP contribution is -2.45. The van der Waals surface area contributed by atoms with Crippen LogP contribution in [0.4, 0.5) is 4.39 Å². The van der Waals surface area contributed by atoms with E-state index in [4.69, 9.17) is 17.0 Å². The summed E-state index contributed by atoms with van der Waals surface area (Å²) in [4.78, 5) is 14.7. The summed E-state index contributed by atoms with van der Waals surface area (Å²) < 4.78 is 19.8. The van der Waals surface area contributed by atoms with Crippen LogP contribution in [-0.2, 0) is 16.8 Å². The lowest BCUT2D eigenvalue weighted by atomic mass is 9.81. The van der Waals surface area contributed by atoms with Crippen molar-refractivity contribution in [3.8, 4) is 5.75 Å². The summed E-state index contributed by atoms with van der Waals surface area (Å²) in [6.45, 7) is 0.701. The molecule has 2 heterocycles. The summed E-state index contributed by atoms with van der Waals surface area (Å²) in [5, 5.41) is 3.51. The van der Waals surface area contributed by atoms with Crippen LogP contribution in [-0.4, -0.2) is 29.6 Å². The number of hydrogen-bond acceptors (Lipinski definition) is 3. The molecule has 1 unspecified atom stereocenters. The summed E-state index contributed by atoms with van der Waals surface area (Å²) in [5.74, 6) is 0.263. The van der Waals surface area contributed by atoms with Crippen LogP contribution in [0.1, 0.15) is 23.1 Å². The van der Waals surface area contributed by atoms with E-state index in [9.17, 15) is 9.18 Å². The fourth-order valence-electron chi connectivity index (χ4n) is 3.52. The third-order valence-electron chi connectivity index (χ3n) is 4.92. The van der Waals surface area contributed by atoms with E-state index in [1.54, 1.807) is 19.2 Å². The molecular weight excluding hydrogens is 419 g/mol. The van der Waals surface area contributed by atoms with E-state index in [0.717, 1.165) is 29.7 Å². The predicted molar refractivity (Wildman–Crippen MR) is 104 cm³/mol. The number of thiocarbonyl (C=S) groups is 1. The van der Waals surface area contributed by atoms with Gasteiger partial charge in [0.1, 0.15) is 11.6 Å². The second kappa shape index (κ2) is 6.32. The number of halogens is 2. The summed E-state index contributed by atoms with van der Waals surface area (Å²) in [6, 6.07) is 10.3. The molecule has 1 saturated heterocycles. The van der Waals surface area contributed by atoms with Crippen molar-refractivity contribution in [1.29, 1.82) is 0 Å². The highest BCUT2D eigenvalue weighted by Crippen LogP contribution is 2.39. The number of aryl methyl sites for hydroxylation is 1. The third kappa shape index (κ3) is 2.53. The first-order valence-corrected chi connectivity index (χ1v) is 9.45. The Labute approximate surface area is 164 Å². The first-order chi connectivity index (χ1) is 12.4. The van der Waals surface area contributed by atoms with Crippen molar-refractivity contribution >= 4 is 39.2 Å². The summed E-state index contributed by atoms with van der Waals surface area (Å²) in [7, 11) is 1.64. The molecule has 2 aromatic carbocycles. The molecule has 4 nitrogen and oxygen atoms in total. The fourth-order valence-corrected chi connectivity index (χ4v) is 4.14. The van der Waals surface area contributed by atoms with E-state index in [2.05, 4.69) is 21.2 Å². The quantitative estimate of drug-likeness (QED) is 0.734. The molecule has 1 N–H and O–H groups in total. The standard InChI is InChI=1S/C19H16BrFN2O2S/c1-23-17(24)19(22-18(23)26,13-4-6-15(21)14(20)10-13)12-5-7-16-11(9-12)3-2-8-25-16/h4-7,9-10H,2-3,8H2,1H3,(H,22,26). The number of rotatable bonds is 2. The molecule has 2 aliphatic heterocycles. The Morgan fingerprint density at radius 3 is 2.69 bits per heavy atom.